The standard InChI is InChI=1S/C25H22N2O2S/c1-17-8-11-21(12-9-17)30(28,29)27-15-20-14-24(19-6-4-3-5-7-19)26-23-13-10-18(2)22(16-27)25(20)23/h3-14H,15-16H2,1-2H3. The molecule has 2 heterocycles. The van der Waals surface area contributed by atoms with E-state index in [2.05, 4.69) is 0 Å². The summed E-state index contributed by atoms with van der Waals surface area (Å²) < 4.78 is 28.4. The van der Waals surface area contributed by atoms with Crippen LogP contribution in [0.15, 0.2) is 77.7 Å². The van der Waals surface area contributed by atoms with Gasteiger partial charge in [-0.3, -0.25) is 0 Å². The summed E-state index contributed by atoms with van der Waals surface area (Å²) in [5.74, 6) is 0. The predicted molar refractivity (Wildman–Crippen MR) is 120 cm³/mol. The molecule has 0 amide bonds. The number of sulfonamides is 1. The Morgan fingerprint density at radius 3 is 2.33 bits per heavy atom. The highest BCUT2D eigenvalue weighted by atomic mass is 32.2. The van der Waals surface area contributed by atoms with Gasteiger partial charge in [0.25, 0.3) is 0 Å². The van der Waals surface area contributed by atoms with Crippen LogP contribution in [0.4, 0.5) is 0 Å². The molecule has 0 fully saturated rings. The second-order valence-electron chi connectivity index (χ2n) is 7.87. The van der Waals surface area contributed by atoms with Gasteiger partial charge >= 0.3 is 0 Å². The smallest absolute Gasteiger partial charge is 0.243 e. The molecule has 0 bridgehead atoms. The lowest BCUT2D eigenvalue weighted by Crippen LogP contribution is -2.33. The van der Waals surface area contributed by atoms with Crippen LogP contribution in [0.1, 0.15) is 22.3 Å². The Labute approximate surface area is 176 Å². The number of aryl methyl sites for hydroxylation is 2. The van der Waals surface area contributed by atoms with Gasteiger partial charge in [-0.05, 0) is 54.8 Å². The van der Waals surface area contributed by atoms with Gasteiger partial charge in [-0.1, -0.05) is 54.1 Å². The zero-order valence-corrected chi connectivity index (χ0v) is 17.8. The summed E-state index contributed by atoms with van der Waals surface area (Å²) in [6, 6.07) is 23.2. The second-order valence-corrected chi connectivity index (χ2v) is 9.81. The molecule has 0 saturated heterocycles. The molecule has 1 aromatic heterocycles. The first-order valence-corrected chi connectivity index (χ1v) is 11.4. The molecule has 0 atom stereocenters. The number of benzene rings is 3. The van der Waals surface area contributed by atoms with Crippen LogP contribution in [0.3, 0.4) is 0 Å². The molecule has 5 heteroatoms. The largest absolute Gasteiger partial charge is 0.248 e. The van der Waals surface area contributed by atoms with E-state index in [0.717, 1.165) is 44.4 Å². The van der Waals surface area contributed by atoms with Crippen LogP contribution in [0.25, 0.3) is 22.2 Å². The van der Waals surface area contributed by atoms with Crippen molar-refractivity contribution in [2.24, 2.45) is 0 Å². The zero-order chi connectivity index (χ0) is 20.9. The molecule has 0 spiro atoms. The maximum absolute atomic E-state index is 13.4. The average molecular weight is 415 g/mol. The summed E-state index contributed by atoms with van der Waals surface area (Å²) in [5.41, 5.74) is 6.97. The monoisotopic (exact) mass is 414 g/mol. The van der Waals surface area contributed by atoms with Gasteiger partial charge in [0, 0.05) is 24.0 Å². The van der Waals surface area contributed by atoms with Crippen LogP contribution >= 0.6 is 0 Å². The fourth-order valence-electron chi connectivity index (χ4n) is 4.13. The summed E-state index contributed by atoms with van der Waals surface area (Å²) in [6.45, 7) is 4.69. The number of hydrogen-bond donors (Lipinski definition) is 0. The maximum atomic E-state index is 13.4. The van der Waals surface area contributed by atoms with Gasteiger partial charge < -0.3 is 0 Å². The number of pyridine rings is 1. The van der Waals surface area contributed by atoms with Crippen molar-refractivity contribution in [1.29, 1.82) is 0 Å². The minimum Gasteiger partial charge on any atom is -0.248 e. The van der Waals surface area contributed by atoms with E-state index < -0.39 is 10.0 Å². The van der Waals surface area contributed by atoms with E-state index in [1.807, 2.05) is 74.5 Å². The SMILES string of the molecule is Cc1ccc(S(=O)(=O)N2Cc3cc(-c4ccccc4)nc4ccc(C)c(c34)C2)cc1. The molecule has 3 aromatic carbocycles. The van der Waals surface area contributed by atoms with Crippen molar-refractivity contribution in [2.75, 3.05) is 0 Å². The van der Waals surface area contributed by atoms with E-state index in [0.29, 0.717) is 18.0 Å². The Balaban J connectivity index is 1.66. The van der Waals surface area contributed by atoms with Crippen LogP contribution in [0.2, 0.25) is 0 Å². The Kier molecular flexibility index (Phi) is 4.45. The summed E-state index contributed by atoms with van der Waals surface area (Å²) in [6.07, 6.45) is 0. The van der Waals surface area contributed by atoms with Crippen LogP contribution in [0, 0.1) is 13.8 Å². The Morgan fingerprint density at radius 1 is 0.867 bits per heavy atom. The second kappa shape index (κ2) is 7.04. The molecule has 150 valence electrons. The normalized spacial score (nSPS) is 14.2. The first kappa shape index (κ1) is 19.0. The number of hydrogen-bond acceptors (Lipinski definition) is 3. The Hall–Kier alpha value is -3.02. The molecule has 1 aliphatic heterocycles. The predicted octanol–water partition coefficient (Wildman–Crippen LogP) is 5.22. The van der Waals surface area contributed by atoms with Crippen molar-refractivity contribution in [1.82, 2.24) is 9.29 Å². The zero-order valence-electron chi connectivity index (χ0n) is 17.0. The van der Waals surface area contributed by atoms with Gasteiger partial charge in [0.1, 0.15) is 0 Å². The van der Waals surface area contributed by atoms with Gasteiger partial charge in [-0.2, -0.15) is 4.31 Å². The fourth-order valence-corrected chi connectivity index (χ4v) is 5.51. The molecule has 30 heavy (non-hydrogen) atoms. The molecule has 1 aliphatic rings. The van der Waals surface area contributed by atoms with E-state index >= 15 is 0 Å². The van der Waals surface area contributed by atoms with Gasteiger partial charge in [0.2, 0.25) is 10.0 Å². The third-order valence-corrected chi connectivity index (χ3v) is 7.61. The van der Waals surface area contributed by atoms with Crippen molar-refractivity contribution in [3.05, 3.63) is 95.1 Å². The summed E-state index contributed by atoms with van der Waals surface area (Å²) in [7, 11) is -3.60. The number of nitrogens with zero attached hydrogens (tertiary/aromatic N) is 2. The molecular weight excluding hydrogens is 392 g/mol. The molecular formula is C25H22N2O2S. The highest BCUT2D eigenvalue weighted by Gasteiger charge is 2.30. The van der Waals surface area contributed by atoms with Crippen LogP contribution in [-0.2, 0) is 23.1 Å². The Morgan fingerprint density at radius 2 is 1.60 bits per heavy atom. The van der Waals surface area contributed by atoms with Gasteiger partial charge in [-0.25, -0.2) is 13.4 Å². The lowest BCUT2D eigenvalue weighted by atomic mass is 9.94. The molecule has 4 nitrogen and oxygen atoms in total. The third kappa shape index (κ3) is 3.11. The minimum absolute atomic E-state index is 0.332. The van der Waals surface area contributed by atoms with Crippen molar-refractivity contribution < 1.29 is 8.42 Å². The molecule has 5 rings (SSSR count). The van der Waals surface area contributed by atoms with Crippen molar-refractivity contribution in [2.45, 2.75) is 31.8 Å². The molecule has 0 unspecified atom stereocenters. The molecule has 4 aromatic rings. The average Bonchev–Trinajstić information content (AvgIpc) is 2.76. The molecule has 0 N–H and O–H groups in total. The third-order valence-electron chi connectivity index (χ3n) is 5.81. The van der Waals surface area contributed by atoms with Gasteiger partial charge in [0.05, 0.1) is 16.1 Å². The van der Waals surface area contributed by atoms with E-state index in [1.54, 1.807) is 16.4 Å². The summed E-state index contributed by atoms with van der Waals surface area (Å²) in [5, 5.41) is 1.09. The number of aromatic nitrogens is 1. The minimum atomic E-state index is -3.60. The first-order valence-electron chi connectivity index (χ1n) is 9.98. The Bertz CT molecular complexity index is 1360. The maximum Gasteiger partial charge on any atom is 0.243 e. The molecule has 0 saturated carbocycles. The van der Waals surface area contributed by atoms with E-state index in [9.17, 15) is 8.42 Å². The van der Waals surface area contributed by atoms with Crippen molar-refractivity contribution in [3.63, 3.8) is 0 Å². The van der Waals surface area contributed by atoms with Crippen molar-refractivity contribution >= 4 is 20.9 Å². The van der Waals surface area contributed by atoms with Crippen LogP contribution in [0.5, 0.6) is 0 Å². The summed E-state index contributed by atoms with van der Waals surface area (Å²) >= 11 is 0. The van der Waals surface area contributed by atoms with Crippen LogP contribution in [-0.4, -0.2) is 17.7 Å². The quantitative estimate of drug-likeness (QED) is 0.462. The lowest BCUT2D eigenvalue weighted by molar-refractivity contribution is 0.395. The lowest BCUT2D eigenvalue weighted by Gasteiger charge is -2.30. The fraction of sp³-hybridized carbons (Fsp3) is 0.160. The number of rotatable bonds is 3. The van der Waals surface area contributed by atoms with Gasteiger partial charge in [-0.15, -0.1) is 0 Å². The van der Waals surface area contributed by atoms with Gasteiger partial charge in [0.15, 0.2) is 0 Å². The molecule has 0 radical (unpaired) electrons. The highest BCUT2D eigenvalue weighted by molar-refractivity contribution is 7.89. The van der Waals surface area contributed by atoms with E-state index in [1.165, 1.54) is 0 Å². The topological polar surface area (TPSA) is 50.3 Å². The highest BCUT2D eigenvalue weighted by Crippen LogP contribution is 2.36. The first-order chi connectivity index (χ1) is 14.4. The van der Waals surface area contributed by atoms with Crippen molar-refractivity contribution in [3.8, 4) is 11.3 Å². The summed E-state index contributed by atoms with van der Waals surface area (Å²) in [4.78, 5) is 5.21. The van der Waals surface area contributed by atoms with E-state index in [4.69, 9.17) is 4.98 Å². The van der Waals surface area contributed by atoms with Crippen LogP contribution < -0.4 is 0 Å². The van der Waals surface area contributed by atoms with E-state index in [-0.39, 0.29) is 0 Å². The molecule has 0 aliphatic carbocycles.